The van der Waals surface area contributed by atoms with Crippen molar-refractivity contribution in [3.63, 3.8) is 0 Å². The molecule has 0 saturated carbocycles. The first kappa shape index (κ1) is 16.6. The van der Waals surface area contributed by atoms with Gasteiger partial charge in [0.25, 0.3) is 0 Å². The second kappa shape index (κ2) is 7.48. The van der Waals surface area contributed by atoms with Crippen molar-refractivity contribution >= 4 is 35.6 Å². The Morgan fingerprint density at radius 3 is 2.50 bits per heavy atom. The van der Waals surface area contributed by atoms with Crippen LogP contribution in [0.2, 0.25) is 10.0 Å². The first-order chi connectivity index (χ1) is 10.5. The highest BCUT2D eigenvalue weighted by atomic mass is 35.5. The molecule has 0 saturated heterocycles. The summed E-state index contributed by atoms with van der Waals surface area (Å²) in [6.45, 7) is 4.04. The minimum absolute atomic E-state index is 0.289. The number of aldehydes is 1. The highest BCUT2D eigenvalue weighted by Crippen LogP contribution is 2.27. The number of aryl methyl sites for hydroxylation is 1. The van der Waals surface area contributed by atoms with E-state index in [1.807, 2.05) is 31.2 Å². The minimum atomic E-state index is 0.289. The van der Waals surface area contributed by atoms with Gasteiger partial charge in [-0.2, -0.15) is 0 Å². The Balaban J connectivity index is 2.21. The van der Waals surface area contributed by atoms with Crippen LogP contribution in [0.5, 0.6) is 5.75 Å². The normalized spacial score (nSPS) is 11.4. The summed E-state index contributed by atoms with van der Waals surface area (Å²) in [7, 11) is 0. The number of carbonyl (C=O) groups is 1. The van der Waals surface area contributed by atoms with E-state index in [-0.39, 0.29) is 6.61 Å². The van der Waals surface area contributed by atoms with Crippen molar-refractivity contribution in [3.05, 3.63) is 68.7 Å². The summed E-state index contributed by atoms with van der Waals surface area (Å²) >= 11 is 12.3. The van der Waals surface area contributed by atoms with Gasteiger partial charge in [-0.05, 0) is 60.9 Å². The lowest BCUT2D eigenvalue weighted by molar-refractivity contribution is -0.104. The molecule has 4 heteroatoms. The van der Waals surface area contributed by atoms with Crippen LogP contribution in [0.25, 0.3) is 6.08 Å². The third-order valence-corrected chi connectivity index (χ3v) is 3.97. The molecular weight excluding hydrogens is 319 g/mol. The van der Waals surface area contributed by atoms with E-state index in [4.69, 9.17) is 27.9 Å². The lowest BCUT2D eigenvalue weighted by Crippen LogP contribution is -1.98. The van der Waals surface area contributed by atoms with Crippen LogP contribution in [0.4, 0.5) is 0 Å². The van der Waals surface area contributed by atoms with Crippen molar-refractivity contribution in [1.29, 1.82) is 0 Å². The van der Waals surface area contributed by atoms with Gasteiger partial charge in [0.2, 0.25) is 0 Å². The van der Waals surface area contributed by atoms with Gasteiger partial charge in [-0.3, -0.25) is 4.79 Å². The molecule has 2 nitrogen and oxygen atoms in total. The molecule has 0 heterocycles. The zero-order valence-corrected chi connectivity index (χ0v) is 13.9. The molecule has 2 aromatic carbocycles. The molecule has 22 heavy (non-hydrogen) atoms. The summed E-state index contributed by atoms with van der Waals surface area (Å²) in [6.07, 6.45) is 2.66. The monoisotopic (exact) mass is 334 g/mol. The molecule has 0 atom stereocenters. The van der Waals surface area contributed by atoms with Crippen LogP contribution in [0.1, 0.15) is 23.6 Å². The molecule has 0 aliphatic heterocycles. The molecule has 2 rings (SSSR count). The molecule has 0 aliphatic rings. The Bertz CT molecular complexity index is 701. The highest BCUT2D eigenvalue weighted by Gasteiger charge is 2.07. The molecule has 0 fully saturated rings. The maximum atomic E-state index is 10.8. The molecule has 114 valence electrons. The van der Waals surface area contributed by atoms with E-state index < -0.39 is 0 Å². The van der Waals surface area contributed by atoms with E-state index in [0.29, 0.717) is 21.4 Å². The topological polar surface area (TPSA) is 26.3 Å². The first-order valence-electron chi connectivity index (χ1n) is 6.81. The quantitative estimate of drug-likeness (QED) is 0.534. The molecule has 0 aliphatic carbocycles. The Morgan fingerprint density at radius 1 is 1.18 bits per heavy atom. The van der Waals surface area contributed by atoms with Gasteiger partial charge in [-0.1, -0.05) is 35.3 Å². The van der Waals surface area contributed by atoms with Crippen molar-refractivity contribution in [3.8, 4) is 5.75 Å². The van der Waals surface area contributed by atoms with Crippen molar-refractivity contribution in [2.45, 2.75) is 20.5 Å². The smallest absolute Gasteiger partial charge is 0.145 e. The fourth-order valence-corrected chi connectivity index (χ4v) is 2.48. The van der Waals surface area contributed by atoms with Crippen LogP contribution >= 0.6 is 23.2 Å². The molecule has 0 aromatic heterocycles. The van der Waals surface area contributed by atoms with E-state index in [0.717, 1.165) is 23.0 Å². The van der Waals surface area contributed by atoms with Crippen LogP contribution in [0.3, 0.4) is 0 Å². The number of benzene rings is 2. The van der Waals surface area contributed by atoms with Gasteiger partial charge in [-0.25, -0.2) is 0 Å². The Hall–Kier alpha value is -1.77. The van der Waals surface area contributed by atoms with E-state index in [2.05, 4.69) is 0 Å². The molecule has 0 amide bonds. The third-order valence-electron chi connectivity index (χ3n) is 3.26. The molecule has 0 spiro atoms. The van der Waals surface area contributed by atoms with Gasteiger partial charge >= 0.3 is 0 Å². The Labute approximate surface area is 140 Å². The molecule has 2 aromatic rings. The van der Waals surface area contributed by atoms with Crippen molar-refractivity contribution in [1.82, 2.24) is 0 Å². The average molecular weight is 335 g/mol. The Kier molecular flexibility index (Phi) is 5.64. The van der Waals surface area contributed by atoms with Gasteiger partial charge in [0.05, 0.1) is 0 Å². The largest absolute Gasteiger partial charge is 0.489 e. The standard InChI is InChI=1S/C18H16Cl2O2/c1-12(10-21)8-14-9-15(7-6-13(14)2)22-11-16-17(19)4-3-5-18(16)20/h3-10H,11H2,1-2H3/b12-8+. The number of halogens is 2. The van der Waals surface area contributed by atoms with Crippen molar-refractivity contribution in [2.24, 2.45) is 0 Å². The fourth-order valence-electron chi connectivity index (χ4n) is 1.97. The maximum absolute atomic E-state index is 10.8. The summed E-state index contributed by atoms with van der Waals surface area (Å²) in [5.41, 5.74) is 3.44. The lowest BCUT2D eigenvalue weighted by atomic mass is 10.1. The van der Waals surface area contributed by atoms with E-state index in [1.54, 1.807) is 25.1 Å². The number of hydrogen-bond donors (Lipinski definition) is 0. The van der Waals surface area contributed by atoms with Crippen LogP contribution in [-0.4, -0.2) is 6.29 Å². The minimum Gasteiger partial charge on any atom is -0.489 e. The lowest BCUT2D eigenvalue weighted by Gasteiger charge is -2.11. The number of hydrogen-bond acceptors (Lipinski definition) is 2. The summed E-state index contributed by atoms with van der Waals surface area (Å²) in [5.74, 6) is 0.700. The predicted octanol–water partition coefficient (Wildman–Crippen LogP) is 5.48. The number of allylic oxidation sites excluding steroid dienone is 1. The van der Waals surface area contributed by atoms with Gasteiger partial charge in [0, 0.05) is 15.6 Å². The second-order valence-corrected chi connectivity index (χ2v) is 5.83. The average Bonchev–Trinajstić information content (AvgIpc) is 2.49. The molecule has 0 N–H and O–H groups in total. The molecule has 0 bridgehead atoms. The molecule has 0 radical (unpaired) electrons. The number of carbonyl (C=O) groups excluding carboxylic acids is 1. The van der Waals surface area contributed by atoms with Gasteiger partial charge in [0.15, 0.2) is 0 Å². The highest BCUT2D eigenvalue weighted by molar-refractivity contribution is 6.35. The van der Waals surface area contributed by atoms with Gasteiger partial charge in [-0.15, -0.1) is 0 Å². The molecular formula is C18H16Cl2O2. The maximum Gasteiger partial charge on any atom is 0.145 e. The second-order valence-electron chi connectivity index (χ2n) is 5.01. The summed E-state index contributed by atoms with van der Waals surface area (Å²) in [5, 5.41) is 1.16. The van der Waals surface area contributed by atoms with Crippen LogP contribution < -0.4 is 4.74 Å². The Morgan fingerprint density at radius 2 is 1.86 bits per heavy atom. The van der Waals surface area contributed by atoms with E-state index in [1.165, 1.54) is 0 Å². The molecule has 0 unspecified atom stereocenters. The summed E-state index contributed by atoms with van der Waals surface area (Å²) < 4.78 is 5.78. The van der Waals surface area contributed by atoms with E-state index in [9.17, 15) is 4.79 Å². The zero-order valence-electron chi connectivity index (χ0n) is 12.4. The third kappa shape index (κ3) is 4.12. The first-order valence-corrected chi connectivity index (χ1v) is 7.56. The van der Waals surface area contributed by atoms with Gasteiger partial charge < -0.3 is 4.74 Å². The predicted molar refractivity (Wildman–Crippen MR) is 91.7 cm³/mol. The summed E-state index contributed by atoms with van der Waals surface area (Å²) in [4.78, 5) is 10.8. The summed E-state index contributed by atoms with van der Waals surface area (Å²) in [6, 6.07) is 11.1. The van der Waals surface area contributed by atoms with E-state index >= 15 is 0 Å². The van der Waals surface area contributed by atoms with Gasteiger partial charge in [0.1, 0.15) is 18.6 Å². The van der Waals surface area contributed by atoms with Crippen LogP contribution in [0.15, 0.2) is 42.0 Å². The van der Waals surface area contributed by atoms with Crippen molar-refractivity contribution < 1.29 is 9.53 Å². The number of ether oxygens (including phenoxy) is 1. The zero-order chi connectivity index (χ0) is 16.1. The van der Waals surface area contributed by atoms with Crippen molar-refractivity contribution in [2.75, 3.05) is 0 Å². The fraction of sp³-hybridized carbons (Fsp3) is 0.167. The van der Waals surface area contributed by atoms with Crippen LogP contribution in [-0.2, 0) is 11.4 Å². The number of rotatable bonds is 5. The SMILES string of the molecule is C/C(C=O)=C\c1cc(OCc2c(Cl)cccc2Cl)ccc1C. The van der Waals surface area contributed by atoms with Crippen LogP contribution in [0, 0.1) is 6.92 Å².